The van der Waals surface area contributed by atoms with E-state index in [0.717, 1.165) is 18.4 Å². The van der Waals surface area contributed by atoms with Gasteiger partial charge in [-0.3, -0.25) is 9.69 Å². The van der Waals surface area contributed by atoms with E-state index in [2.05, 4.69) is 16.4 Å². The largest absolute Gasteiger partial charge is 0.442 e. The summed E-state index contributed by atoms with van der Waals surface area (Å²) in [5.74, 6) is -0.660. The maximum absolute atomic E-state index is 12.2. The van der Waals surface area contributed by atoms with E-state index in [1.165, 1.54) is 15.8 Å². The summed E-state index contributed by atoms with van der Waals surface area (Å²) in [6, 6.07) is 9.80. The van der Waals surface area contributed by atoms with Crippen LogP contribution in [-0.2, 0) is 16.7 Å². The van der Waals surface area contributed by atoms with Gasteiger partial charge in [-0.2, -0.15) is 5.26 Å². The van der Waals surface area contributed by atoms with Gasteiger partial charge in [-0.05, 0) is 30.5 Å². The summed E-state index contributed by atoms with van der Waals surface area (Å²) in [6.45, 7) is 0.630. The molecule has 26 heavy (non-hydrogen) atoms. The second-order valence-corrected chi connectivity index (χ2v) is 6.55. The van der Waals surface area contributed by atoms with Gasteiger partial charge in [0.2, 0.25) is 0 Å². The van der Waals surface area contributed by atoms with Crippen LogP contribution in [0.5, 0.6) is 0 Å². The van der Waals surface area contributed by atoms with Crippen LogP contribution in [0.2, 0.25) is 0 Å². The molecule has 1 saturated carbocycles. The van der Waals surface area contributed by atoms with Gasteiger partial charge in [0.25, 0.3) is 5.91 Å². The fraction of sp³-hybridized carbons (Fsp3) is 0.353. The van der Waals surface area contributed by atoms with Crippen molar-refractivity contribution in [2.75, 3.05) is 11.4 Å². The van der Waals surface area contributed by atoms with E-state index >= 15 is 0 Å². The lowest BCUT2D eigenvalue weighted by atomic mass is 9.97. The van der Waals surface area contributed by atoms with E-state index in [0.29, 0.717) is 12.2 Å². The molecule has 4 rings (SSSR count). The first-order valence-corrected chi connectivity index (χ1v) is 8.21. The Hall–Kier alpha value is -3.41. The molecular formula is C17H16N6O3. The number of benzene rings is 1. The molecule has 0 unspecified atom stereocenters. The molecule has 9 heteroatoms. The number of rotatable bonds is 5. The Morgan fingerprint density at radius 1 is 1.38 bits per heavy atom. The first kappa shape index (κ1) is 16.1. The van der Waals surface area contributed by atoms with Crippen molar-refractivity contribution < 1.29 is 14.3 Å². The van der Waals surface area contributed by atoms with Crippen LogP contribution in [0.15, 0.2) is 30.5 Å². The average molecular weight is 352 g/mol. The zero-order valence-corrected chi connectivity index (χ0v) is 13.8. The Kier molecular flexibility index (Phi) is 3.61. The van der Waals surface area contributed by atoms with Gasteiger partial charge in [0.1, 0.15) is 6.10 Å². The number of aromatic nitrogens is 3. The lowest BCUT2D eigenvalue weighted by molar-refractivity contribution is 0.0995. The summed E-state index contributed by atoms with van der Waals surface area (Å²) in [4.78, 5) is 24.8. The van der Waals surface area contributed by atoms with Crippen molar-refractivity contribution in [1.82, 2.24) is 15.0 Å². The van der Waals surface area contributed by atoms with Crippen LogP contribution < -0.4 is 10.6 Å². The summed E-state index contributed by atoms with van der Waals surface area (Å²) in [6.07, 6.45) is 2.31. The van der Waals surface area contributed by atoms with Gasteiger partial charge in [0.05, 0.1) is 30.8 Å². The van der Waals surface area contributed by atoms with E-state index < -0.39 is 18.1 Å². The molecule has 1 aliphatic carbocycles. The molecule has 1 atom stereocenters. The maximum Gasteiger partial charge on any atom is 0.414 e. The molecule has 2 heterocycles. The SMILES string of the molecule is N#CC1(c2ccc(N3C[C@H](Cn4cc(C(N)=O)nn4)OC3=O)cc2)CC1. The summed E-state index contributed by atoms with van der Waals surface area (Å²) >= 11 is 0. The topological polar surface area (TPSA) is 127 Å². The number of nitrogens with zero attached hydrogens (tertiary/aromatic N) is 5. The Balaban J connectivity index is 1.44. The molecule has 2 amide bonds. The predicted molar refractivity (Wildman–Crippen MR) is 89.1 cm³/mol. The fourth-order valence-electron chi connectivity index (χ4n) is 3.09. The first-order chi connectivity index (χ1) is 12.5. The minimum atomic E-state index is -0.660. The van der Waals surface area contributed by atoms with Gasteiger partial charge >= 0.3 is 6.09 Å². The van der Waals surface area contributed by atoms with Crippen molar-refractivity contribution in [3.8, 4) is 6.07 Å². The second-order valence-electron chi connectivity index (χ2n) is 6.55. The van der Waals surface area contributed by atoms with Gasteiger partial charge in [0.15, 0.2) is 5.69 Å². The number of nitriles is 1. The van der Waals surface area contributed by atoms with Crippen molar-refractivity contribution in [2.45, 2.75) is 30.9 Å². The van der Waals surface area contributed by atoms with Crippen LogP contribution in [0, 0.1) is 11.3 Å². The molecule has 2 aliphatic rings. The third-order valence-corrected chi connectivity index (χ3v) is 4.75. The number of hydrogen-bond donors (Lipinski definition) is 1. The molecule has 2 fully saturated rings. The average Bonchev–Trinajstić information content (AvgIpc) is 3.15. The fourth-order valence-corrected chi connectivity index (χ4v) is 3.09. The lowest BCUT2D eigenvalue weighted by Crippen LogP contribution is -2.26. The summed E-state index contributed by atoms with van der Waals surface area (Å²) in [5, 5.41) is 16.7. The molecule has 1 aromatic heterocycles. The zero-order chi connectivity index (χ0) is 18.3. The maximum atomic E-state index is 12.2. The van der Waals surface area contributed by atoms with E-state index in [4.69, 9.17) is 10.5 Å². The number of ether oxygens (including phenoxy) is 1. The quantitative estimate of drug-likeness (QED) is 0.853. The standard InChI is InChI=1S/C17H16N6O3/c18-10-17(5-6-17)11-1-3-12(4-2-11)23-8-13(26-16(23)25)7-22-9-14(15(19)24)20-21-22/h1-4,9,13H,5-8H2,(H2,19,24)/t13-/m0/s1. The van der Waals surface area contributed by atoms with E-state index in [-0.39, 0.29) is 17.7 Å². The highest BCUT2D eigenvalue weighted by molar-refractivity contribution is 5.90. The minimum Gasteiger partial charge on any atom is -0.442 e. The predicted octanol–water partition coefficient (Wildman–Crippen LogP) is 0.958. The molecule has 0 radical (unpaired) electrons. The van der Waals surface area contributed by atoms with Crippen LogP contribution in [0.1, 0.15) is 28.9 Å². The van der Waals surface area contributed by atoms with Crippen LogP contribution in [0.3, 0.4) is 0 Å². The number of carbonyl (C=O) groups excluding carboxylic acids is 2. The van der Waals surface area contributed by atoms with Crippen molar-refractivity contribution in [3.63, 3.8) is 0 Å². The van der Waals surface area contributed by atoms with Crippen LogP contribution in [0.4, 0.5) is 10.5 Å². The first-order valence-electron chi connectivity index (χ1n) is 8.21. The number of hydrogen-bond acceptors (Lipinski definition) is 6. The molecule has 0 bridgehead atoms. The zero-order valence-electron chi connectivity index (χ0n) is 13.8. The van der Waals surface area contributed by atoms with E-state index in [1.54, 1.807) is 0 Å². The van der Waals surface area contributed by atoms with Gasteiger partial charge in [-0.15, -0.1) is 5.10 Å². The number of anilines is 1. The second kappa shape index (κ2) is 5.84. The highest BCUT2D eigenvalue weighted by Crippen LogP contribution is 2.47. The molecule has 0 spiro atoms. The Morgan fingerprint density at radius 2 is 2.12 bits per heavy atom. The van der Waals surface area contributed by atoms with Crippen LogP contribution in [0.25, 0.3) is 0 Å². The van der Waals surface area contributed by atoms with Crippen molar-refractivity contribution >= 4 is 17.7 Å². The Bertz CT molecular complexity index is 909. The molecule has 1 saturated heterocycles. The van der Waals surface area contributed by atoms with E-state index in [1.807, 2.05) is 24.3 Å². The minimum absolute atomic E-state index is 0.0632. The molecule has 9 nitrogen and oxygen atoms in total. The number of amides is 2. The highest BCUT2D eigenvalue weighted by Gasteiger charge is 2.45. The number of carbonyl (C=O) groups is 2. The Morgan fingerprint density at radius 3 is 2.69 bits per heavy atom. The highest BCUT2D eigenvalue weighted by atomic mass is 16.6. The van der Waals surface area contributed by atoms with Crippen molar-refractivity contribution in [3.05, 3.63) is 41.7 Å². The third-order valence-electron chi connectivity index (χ3n) is 4.75. The number of nitrogens with two attached hydrogens (primary N) is 1. The smallest absolute Gasteiger partial charge is 0.414 e. The van der Waals surface area contributed by atoms with Crippen molar-refractivity contribution in [1.29, 1.82) is 5.26 Å². The van der Waals surface area contributed by atoms with Gasteiger partial charge in [-0.1, -0.05) is 17.3 Å². The molecule has 1 aromatic carbocycles. The van der Waals surface area contributed by atoms with Gasteiger partial charge in [0, 0.05) is 5.69 Å². The van der Waals surface area contributed by atoms with Crippen molar-refractivity contribution in [2.24, 2.45) is 5.73 Å². The van der Waals surface area contributed by atoms with E-state index in [9.17, 15) is 14.9 Å². The normalized spacial score (nSPS) is 20.5. The molecule has 2 aromatic rings. The molecule has 1 aliphatic heterocycles. The monoisotopic (exact) mass is 352 g/mol. The third kappa shape index (κ3) is 2.75. The molecular weight excluding hydrogens is 336 g/mol. The summed E-state index contributed by atoms with van der Waals surface area (Å²) in [5.41, 5.74) is 6.55. The lowest BCUT2D eigenvalue weighted by Gasteiger charge is -2.14. The van der Waals surface area contributed by atoms with Gasteiger partial charge in [-0.25, -0.2) is 9.48 Å². The number of primary amides is 1. The summed E-state index contributed by atoms with van der Waals surface area (Å²) < 4.78 is 6.79. The van der Waals surface area contributed by atoms with Crippen LogP contribution >= 0.6 is 0 Å². The van der Waals surface area contributed by atoms with Gasteiger partial charge < -0.3 is 10.5 Å². The summed E-state index contributed by atoms with van der Waals surface area (Å²) in [7, 11) is 0. The number of cyclic esters (lactones) is 1. The molecule has 132 valence electrons. The molecule has 2 N–H and O–H groups in total. The Labute approximate surface area is 148 Å². The van der Waals surface area contributed by atoms with Crippen LogP contribution in [-0.4, -0.2) is 39.6 Å².